The van der Waals surface area contributed by atoms with Gasteiger partial charge in [0.1, 0.15) is 5.69 Å². The number of likely N-dealkylation sites (tertiary alicyclic amines) is 1. The zero-order chi connectivity index (χ0) is 23.2. The molecule has 8 heteroatoms. The van der Waals surface area contributed by atoms with Crippen molar-refractivity contribution < 1.29 is 4.79 Å². The minimum atomic E-state index is -0.203. The van der Waals surface area contributed by atoms with Crippen molar-refractivity contribution in [3.8, 4) is 11.1 Å². The number of para-hydroxylation sites is 1. The van der Waals surface area contributed by atoms with Gasteiger partial charge in [0.25, 0.3) is 5.91 Å². The summed E-state index contributed by atoms with van der Waals surface area (Å²) < 4.78 is 0. The number of anilines is 1. The van der Waals surface area contributed by atoms with E-state index >= 15 is 0 Å². The van der Waals surface area contributed by atoms with Crippen LogP contribution in [0.15, 0.2) is 66.6 Å². The van der Waals surface area contributed by atoms with E-state index in [4.69, 9.17) is 23.8 Å². The summed E-state index contributed by atoms with van der Waals surface area (Å²) in [6.45, 7) is 6.14. The number of rotatable bonds is 6. The van der Waals surface area contributed by atoms with E-state index in [-0.39, 0.29) is 5.91 Å². The second-order valence-corrected chi connectivity index (χ2v) is 9.53. The molecule has 5 nitrogen and oxygen atoms in total. The van der Waals surface area contributed by atoms with Gasteiger partial charge in [0.05, 0.1) is 5.01 Å². The van der Waals surface area contributed by atoms with Crippen LogP contribution in [-0.4, -0.2) is 40.5 Å². The van der Waals surface area contributed by atoms with Crippen LogP contribution in [0.2, 0.25) is 5.02 Å². The van der Waals surface area contributed by atoms with Gasteiger partial charge in [-0.15, -0.1) is 17.9 Å². The number of nitrogens with zero attached hydrogens (tertiary/aromatic N) is 2. The van der Waals surface area contributed by atoms with Crippen molar-refractivity contribution in [1.82, 2.24) is 15.2 Å². The molecular weight excluding hydrogens is 472 g/mol. The first-order chi connectivity index (χ1) is 16.0. The maximum atomic E-state index is 13.0. The van der Waals surface area contributed by atoms with Crippen LogP contribution in [0.25, 0.3) is 11.1 Å². The molecule has 0 bridgehead atoms. The highest BCUT2D eigenvalue weighted by Gasteiger charge is 2.25. The Balaban J connectivity index is 1.40. The molecule has 1 fully saturated rings. The minimum Gasteiger partial charge on any atom is -0.359 e. The molecule has 2 heterocycles. The Morgan fingerprint density at radius 2 is 1.94 bits per heavy atom. The van der Waals surface area contributed by atoms with Gasteiger partial charge in [-0.1, -0.05) is 48.0 Å². The minimum absolute atomic E-state index is 0.203. The number of piperidine rings is 1. The van der Waals surface area contributed by atoms with E-state index in [1.807, 2.05) is 53.9 Å². The molecule has 1 amide bonds. The summed E-state index contributed by atoms with van der Waals surface area (Å²) in [5.74, 6) is 0.141. The molecule has 2 N–H and O–H groups in total. The van der Waals surface area contributed by atoms with Gasteiger partial charge >= 0.3 is 0 Å². The van der Waals surface area contributed by atoms with Gasteiger partial charge in [0, 0.05) is 47.2 Å². The summed E-state index contributed by atoms with van der Waals surface area (Å²) in [6, 6.07) is 15.3. The molecule has 0 atom stereocenters. The molecule has 2 aromatic carbocycles. The normalized spacial score (nSPS) is 14.0. The van der Waals surface area contributed by atoms with Crippen molar-refractivity contribution in [2.75, 3.05) is 25.0 Å². The smallest absolute Gasteiger partial charge is 0.275 e. The average molecular weight is 497 g/mol. The van der Waals surface area contributed by atoms with E-state index in [9.17, 15) is 4.79 Å². The molecule has 1 aliphatic rings. The van der Waals surface area contributed by atoms with Gasteiger partial charge in [-0.3, -0.25) is 4.79 Å². The van der Waals surface area contributed by atoms with E-state index in [0.29, 0.717) is 23.2 Å². The molecule has 0 saturated carbocycles. The highest BCUT2D eigenvalue weighted by Crippen LogP contribution is 2.32. The number of benzene rings is 2. The fourth-order valence-electron chi connectivity index (χ4n) is 3.84. The van der Waals surface area contributed by atoms with Crippen molar-refractivity contribution in [3.63, 3.8) is 0 Å². The first-order valence-electron chi connectivity index (χ1n) is 10.8. The molecule has 4 rings (SSSR count). The van der Waals surface area contributed by atoms with Crippen molar-refractivity contribution in [2.24, 2.45) is 0 Å². The molecule has 3 aromatic rings. The standard InChI is InChI=1S/C25H25ClN4OS2/c1-2-13-27-25(32)30-14-11-18(12-15-30)24-29-22(16-33-24)23(31)28-21-6-4-3-5-20(21)17-7-9-19(26)10-8-17/h2-10,16,18H,1,11-15H2,(H,27,32)(H,28,31). The molecule has 33 heavy (non-hydrogen) atoms. The second kappa shape index (κ2) is 10.9. The van der Waals surface area contributed by atoms with Crippen LogP contribution in [0, 0.1) is 0 Å². The van der Waals surface area contributed by atoms with E-state index in [1.54, 1.807) is 17.4 Å². The van der Waals surface area contributed by atoms with Gasteiger partial charge in [0.2, 0.25) is 0 Å². The number of carbonyl (C=O) groups excluding carboxylic acids is 1. The number of hydrogen-bond acceptors (Lipinski definition) is 4. The summed E-state index contributed by atoms with van der Waals surface area (Å²) in [6.07, 6.45) is 3.73. The maximum absolute atomic E-state index is 13.0. The second-order valence-electron chi connectivity index (χ2n) is 7.81. The number of hydrogen-bond donors (Lipinski definition) is 2. The Bertz CT molecular complexity index is 1140. The number of halogens is 1. The SMILES string of the molecule is C=CCNC(=S)N1CCC(c2nc(C(=O)Nc3ccccc3-c3ccc(Cl)cc3)cs2)CC1. The first-order valence-corrected chi connectivity index (χ1v) is 12.5. The van der Waals surface area contributed by atoms with E-state index in [0.717, 1.165) is 52.9 Å². The number of aromatic nitrogens is 1. The van der Waals surface area contributed by atoms with Gasteiger partial charge in [0.15, 0.2) is 5.11 Å². The lowest BCUT2D eigenvalue weighted by molar-refractivity contribution is 0.102. The highest BCUT2D eigenvalue weighted by atomic mass is 35.5. The van der Waals surface area contributed by atoms with Crippen LogP contribution in [0.5, 0.6) is 0 Å². The number of thiazole rings is 1. The van der Waals surface area contributed by atoms with Gasteiger partial charge < -0.3 is 15.5 Å². The molecular formula is C25H25ClN4OS2. The summed E-state index contributed by atoms with van der Waals surface area (Å²) in [5, 5.41) is 10.5. The molecule has 1 saturated heterocycles. The third-order valence-electron chi connectivity index (χ3n) is 5.61. The third kappa shape index (κ3) is 5.79. The summed E-state index contributed by atoms with van der Waals surface area (Å²) in [4.78, 5) is 19.8. The van der Waals surface area contributed by atoms with Crippen molar-refractivity contribution in [2.45, 2.75) is 18.8 Å². The quantitative estimate of drug-likeness (QED) is 0.326. The zero-order valence-electron chi connectivity index (χ0n) is 18.1. The van der Waals surface area contributed by atoms with Crippen molar-refractivity contribution >= 4 is 51.9 Å². The van der Waals surface area contributed by atoms with Crippen molar-refractivity contribution in [1.29, 1.82) is 0 Å². The fraction of sp³-hybridized carbons (Fsp3) is 0.240. The van der Waals surface area contributed by atoms with Crippen molar-refractivity contribution in [3.05, 3.63) is 82.3 Å². The first kappa shape index (κ1) is 23.4. The van der Waals surface area contributed by atoms with Gasteiger partial charge in [-0.25, -0.2) is 4.98 Å². The summed E-state index contributed by atoms with van der Waals surface area (Å²) in [7, 11) is 0. The Hall–Kier alpha value is -2.74. The third-order valence-corrected chi connectivity index (χ3v) is 7.28. The van der Waals surface area contributed by atoms with Crippen LogP contribution in [0.1, 0.15) is 34.3 Å². The molecule has 0 unspecified atom stereocenters. The topological polar surface area (TPSA) is 57.3 Å². The van der Waals surface area contributed by atoms with Gasteiger partial charge in [-0.05, 0) is 48.8 Å². The molecule has 0 aliphatic carbocycles. The Morgan fingerprint density at radius 3 is 2.67 bits per heavy atom. The zero-order valence-corrected chi connectivity index (χ0v) is 20.5. The van der Waals surface area contributed by atoms with Crippen LogP contribution >= 0.6 is 35.2 Å². The molecule has 0 spiro atoms. The molecule has 170 valence electrons. The molecule has 1 aromatic heterocycles. The van der Waals surface area contributed by atoms with Gasteiger partial charge in [-0.2, -0.15) is 0 Å². The van der Waals surface area contributed by atoms with Crippen LogP contribution < -0.4 is 10.6 Å². The van der Waals surface area contributed by atoms with E-state index in [1.165, 1.54) is 0 Å². The number of nitrogens with one attached hydrogen (secondary N) is 2. The summed E-state index contributed by atoms with van der Waals surface area (Å²) in [5.41, 5.74) is 3.12. The molecule has 0 radical (unpaired) electrons. The lowest BCUT2D eigenvalue weighted by Crippen LogP contribution is -2.43. The monoisotopic (exact) mass is 496 g/mol. The predicted molar refractivity (Wildman–Crippen MR) is 141 cm³/mol. The lowest BCUT2D eigenvalue weighted by Gasteiger charge is -2.33. The predicted octanol–water partition coefficient (Wildman–Crippen LogP) is 5.96. The molecule has 1 aliphatic heterocycles. The maximum Gasteiger partial charge on any atom is 0.275 e. The number of amides is 1. The van der Waals surface area contributed by atoms with Crippen LogP contribution in [0.3, 0.4) is 0 Å². The average Bonchev–Trinajstić information content (AvgIpc) is 3.34. The highest BCUT2D eigenvalue weighted by molar-refractivity contribution is 7.80. The Morgan fingerprint density at radius 1 is 1.21 bits per heavy atom. The largest absolute Gasteiger partial charge is 0.359 e. The summed E-state index contributed by atoms with van der Waals surface area (Å²) >= 11 is 13.0. The van der Waals surface area contributed by atoms with Crippen LogP contribution in [0.4, 0.5) is 5.69 Å². The Labute approximate surface area is 208 Å². The van der Waals surface area contributed by atoms with E-state index < -0.39 is 0 Å². The van der Waals surface area contributed by atoms with E-state index in [2.05, 4.69) is 27.1 Å². The fourth-order valence-corrected chi connectivity index (χ4v) is 5.20. The lowest BCUT2D eigenvalue weighted by atomic mass is 9.98. The van der Waals surface area contributed by atoms with Crippen LogP contribution in [-0.2, 0) is 0 Å². The number of carbonyl (C=O) groups is 1. The number of thiocarbonyl (C=S) groups is 1. The Kier molecular flexibility index (Phi) is 7.75.